The number of thiophene rings is 1. The number of halogens is 2. The van der Waals surface area contributed by atoms with Gasteiger partial charge in [-0.3, -0.25) is 4.79 Å². The SMILES string of the molecule is O=C(c1ccc(F)nc1)N1CCOC(c2ccc(Cl)s2)C1. The number of carbonyl (C=O) groups is 1. The number of hydrogen-bond donors (Lipinski definition) is 0. The molecule has 1 amide bonds. The smallest absolute Gasteiger partial charge is 0.255 e. The Morgan fingerprint density at radius 1 is 1.43 bits per heavy atom. The predicted molar refractivity (Wildman–Crippen MR) is 78.1 cm³/mol. The van der Waals surface area contributed by atoms with Crippen LogP contribution in [0.5, 0.6) is 0 Å². The first-order chi connectivity index (χ1) is 10.1. The van der Waals surface area contributed by atoms with Crippen LogP contribution < -0.4 is 0 Å². The molecule has 0 bridgehead atoms. The van der Waals surface area contributed by atoms with Crippen LogP contribution in [-0.4, -0.2) is 35.5 Å². The minimum Gasteiger partial charge on any atom is -0.369 e. The summed E-state index contributed by atoms with van der Waals surface area (Å²) in [7, 11) is 0. The summed E-state index contributed by atoms with van der Waals surface area (Å²) >= 11 is 7.37. The Morgan fingerprint density at radius 3 is 2.95 bits per heavy atom. The van der Waals surface area contributed by atoms with Gasteiger partial charge in [-0.25, -0.2) is 4.98 Å². The van der Waals surface area contributed by atoms with Gasteiger partial charge in [0.25, 0.3) is 5.91 Å². The number of nitrogens with zero attached hydrogens (tertiary/aromatic N) is 2. The first-order valence-corrected chi connectivity index (χ1v) is 7.60. The summed E-state index contributed by atoms with van der Waals surface area (Å²) in [4.78, 5) is 18.6. The molecular formula is C14H12ClFN2O2S. The third-order valence-electron chi connectivity index (χ3n) is 3.24. The number of carbonyl (C=O) groups excluding carboxylic acids is 1. The fourth-order valence-electron chi connectivity index (χ4n) is 2.19. The van der Waals surface area contributed by atoms with E-state index in [0.717, 1.165) is 4.88 Å². The third kappa shape index (κ3) is 3.23. The zero-order valence-corrected chi connectivity index (χ0v) is 12.5. The molecule has 1 aliphatic heterocycles. The maximum atomic E-state index is 12.8. The largest absolute Gasteiger partial charge is 0.369 e. The van der Waals surface area contributed by atoms with Crippen molar-refractivity contribution in [3.63, 3.8) is 0 Å². The Morgan fingerprint density at radius 2 is 2.29 bits per heavy atom. The van der Waals surface area contributed by atoms with Gasteiger partial charge in [-0.15, -0.1) is 11.3 Å². The van der Waals surface area contributed by atoms with Crippen molar-refractivity contribution in [1.82, 2.24) is 9.88 Å². The number of rotatable bonds is 2. The van der Waals surface area contributed by atoms with Gasteiger partial charge in [-0.05, 0) is 24.3 Å². The van der Waals surface area contributed by atoms with Crippen molar-refractivity contribution >= 4 is 28.8 Å². The molecule has 0 aliphatic carbocycles. The first kappa shape index (κ1) is 14.4. The molecule has 3 rings (SSSR count). The van der Waals surface area contributed by atoms with Gasteiger partial charge >= 0.3 is 0 Å². The highest BCUT2D eigenvalue weighted by Gasteiger charge is 2.27. The molecule has 0 aromatic carbocycles. The molecule has 0 saturated carbocycles. The van der Waals surface area contributed by atoms with E-state index in [4.69, 9.17) is 16.3 Å². The van der Waals surface area contributed by atoms with Gasteiger partial charge in [-0.1, -0.05) is 11.6 Å². The standard InChI is InChI=1S/C14H12ClFN2O2S/c15-12-3-2-11(21-12)10-8-18(5-6-20-10)14(19)9-1-4-13(16)17-7-9/h1-4,7,10H,5-6,8H2. The lowest BCUT2D eigenvalue weighted by molar-refractivity contribution is -0.0212. The van der Waals surface area contributed by atoms with Crippen molar-refractivity contribution < 1.29 is 13.9 Å². The van der Waals surface area contributed by atoms with Crippen molar-refractivity contribution in [3.8, 4) is 0 Å². The molecule has 0 radical (unpaired) electrons. The van der Waals surface area contributed by atoms with Crippen LogP contribution in [0.3, 0.4) is 0 Å². The molecule has 2 aromatic rings. The topological polar surface area (TPSA) is 42.4 Å². The van der Waals surface area contributed by atoms with E-state index >= 15 is 0 Å². The summed E-state index contributed by atoms with van der Waals surface area (Å²) in [6.07, 6.45) is 1.08. The molecule has 1 atom stereocenters. The highest BCUT2D eigenvalue weighted by molar-refractivity contribution is 7.16. The number of amides is 1. The summed E-state index contributed by atoms with van der Waals surface area (Å²) in [5, 5.41) is 0. The number of morpholine rings is 1. The fraction of sp³-hybridized carbons (Fsp3) is 0.286. The van der Waals surface area contributed by atoms with Gasteiger partial charge in [0.2, 0.25) is 5.95 Å². The molecule has 0 spiro atoms. The zero-order valence-electron chi connectivity index (χ0n) is 11.0. The van der Waals surface area contributed by atoms with Crippen LogP contribution in [-0.2, 0) is 4.74 Å². The molecule has 3 heterocycles. The predicted octanol–water partition coefficient (Wildman–Crippen LogP) is 3.15. The number of pyridine rings is 1. The number of hydrogen-bond acceptors (Lipinski definition) is 4. The Hall–Kier alpha value is -1.50. The summed E-state index contributed by atoms with van der Waals surface area (Å²) in [5.74, 6) is -0.766. The normalized spacial score (nSPS) is 18.8. The number of ether oxygens (including phenoxy) is 1. The average molecular weight is 327 g/mol. The van der Waals surface area contributed by atoms with E-state index in [1.54, 1.807) is 4.90 Å². The Balaban J connectivity index is 1.73. The summed E-state index contributed by atoms with van der Waals surface area (Å²) in [6.45, 7) is 1.42. The summed E-state index contributed by atoms with van der Waals surface area (Å²) < 4.78 is 19.2. The maximum Gasteiger partial charge on any atom is 0.255 e. The van der Waals surface area contributed by atoms with Gasteiger partial charge in [0.1, 0.15) is 6.10 Å². The summed E-state index contributed by atoms with van der Waals surface area (Å²) in [5.41, 5.74) is 0.376. The minimum absolute atomic E-state index is 0.168. The van der Waals surface area contributed by atoms with Crippen LogP contribution in [0.4, 0.5) is 4.39 Å². The summed E-state index contributed by atoms with van der Waals surface area (Å²) in [6, 6.07) is 6.35. The van der Waals surface area contributed by atoms with Gasteiger partial charge in [-0.2, -0.15) is 4.39 Å². The third-order valence-corrected chi connectivity index (χ3v) is 4.56. The lowest BCUT2D eigenvalue weighted by Crippen LogP contribution is -2.42. The second-order valence-electron chi connectivity index (χ2n) is 4.62. The maximum absolute atomic E-state index is 12.8. The van der Waals surface area contributed by atoms with Crippen molar-refractivity contribution in [2.45, 2.75) is 6.10 Å². The Labute approximate surface area is 130 Å². The lowest BCUT2D eigenvalue weighted by Gasteiger charge is -2.32. The van der Waals surface area contributed by atoms with Gasteiger partial charge in [0, 0.05) is 17.6 Å². The average Bonchev–Trinajstić information content (AvgIpc) is 2.94. The molecule has 110 valence electrons. The minimum atomic E-state index is -0.598. The Bertz CT molecular complexity index is 647. The van der Waals surface area contributed by atoms with Crippen LogP contribution in [0.2, 0.25) is 4.34 Å². The van der Waals surface area contributed by atoms with Crippen molar-refractivity contribution in [1.29, 1.82) is 0 Å². The van der Waals surface area contributed by atoms with Crippen LogP contribution in [0, 0.1) is 5.95 Å². The second-order valence-corrected chi connectivity index (χ2v) is 6.37. The quantitative estimate of drug-likeness (QED) is 0.796. The molecule has 4 nitrogen and oxygen atoms in total. The van der Waals surface area contributed by atoms with Gasteiger partial charge in [0.15, 0.2) is 0 Å². The van der Waals surface area contributed by atoms with Gasteiger partial charge < -0.3 is 9.64 Å². The van der Waals surface area contributed by atoms with E-state index < -0.39 is 5.95 Å². The fourth-order valence-corrected chi connectivity index (χ4v) is 3.29. The van der Waals surface area contributed by atoms with E-state index in [2.05, 4.69) is 4.98 Å². The van der Waals surface area contributed by atoms with Crippen molar-refractivity contribution in [2.24, 2.45) is 0 Å². The second kappa shape index (κ2) is 6.09. The Kier molecular flexibility index (Phi) is 4.19. The monoisotopic (exact) mass is 326 g/mol. The van der Waals surface area contributed by atoms with Crippen molar-refractivity contribution in [2.75, 3.05) is 19.7 Å². The molecule has 1 fully saturated rings. The van der Waals surface area contributed by atoms with E-state index in [9.17, 15) is 9.18 Å². The van der Waals surface area contributed by atoms with Crippen LogP contribution in [0.15, 0.2) is 30.5 Å². The van der Waals surface area contributed by atoms with Crippen LogP contribution in [0.1, 0.15) is 21.3 Å². The first-order valence-electron chi connectivity index (χ1n) is 6.41. The van der Waals surface area contributed by atoms with Crippen molar-refractivity contribution in [3.05, 3.63) is 51.2 Å². The zero-order chi connectivity index (χ0) is 14.8. The molecule has 1 unspecified atom stereocenters. The highest BCUT2D eigenvalue weighted by atomic mass is 35.5. The molecular weight excluding hydrogens is 315 g/mol. The molecule has 1 saturated heterocycles. The molecule has 2 aromatic heterocycles. The van der Waals surface area contributed by atoms with E-state index in [-0.39, 0.29) is 12.0 Å². The van der Waals surface area contributed by atoms with E-state index in [1.165, 1.54) is 29.7 Å². The van der Waals surface area contributed by atoms with E-state index in [1.807, 2.05) is 12.1 Å². The lowest BCUT2D eigenvalue weighted by atomic mass is 10.2. The number of aromatic nitrogens is 1. The van der Waals surface area contributed by atoms with Crippen LogP contribution >= 0.6 is 22.9 Å². The molecule has 21 heavy (non-hydrogen) atoms. The van der Waals surface area contributed by atoms with Gasteiger partial charge in [0.05, 0.1) is 23.1 Å². The van der Waals surface area contributed by atoms with Crippen LogP contribution in [0.25, 0.3) is 0 Å². The van der Waals surface area contributed by atoms with E-state index in [0.29, 0.717) is 29.6 Å². The molecule has 7 heteroatoms. The molecule has 0 N–H and O–H groups in total. The molecule has 1 aliphatic rings. The highest BCUT2D eigenvalue weighted by Crippen LogP contribution is 2.31.